The smallest absolute Gasteiger partial charge is 0.275 e. The summed E-state index contributed by atoms with van der Waals surface area (Å²) in [6, 6.07) is 8.41. The molecule has 3 rings (SSSR count). The summed E-state index contributed by atoms with van der Waals surface area (Å²) in [4.78, 5) is 19.7. The maximum Gasteiger partial charge on any atom is 0.275 e. The van der Waals surface area contributed by atoms with Crippen LogP contribution in [0.5, 0.6) is 0 Å². The van der Waals surface area contributed by atoms with E-state index >= 15 is 0 Å². The zero-order chi connectivity index (χ0) is 18.6. The molecule has 1 amide bonds. The second-order valence-corrected chi connectivity index (χ2v) is 6.99. The van der Waals surface area contributed by atoms with Crippen molar-refractivity contribution in [1.29, 1.82) is 0 Å². The molecule has 1 aromatic carbocycles. The second kappa shape index (κ2) is 7.42. The fourth-order valence-corrected chi connectivity index (χ4v) is 2.99. The van der Waals surface area contributed by atoms with Gasteiger partial charge in [-0.05, 0) is 36.4 Å². The molecular weight excluding hydrogens is 380 g/mol. The van der Waals surface area contributed by atoms with Gasteiger partial charge >= 0.3 is 0 Å². The van der Waals surface area contributed by atoms with Crippen LogP contribution in [0.4, 0.5) is 11.5 Å². The highest BCUT2D eigenvalue weighted by atomic mass is 35.5. The third-order valence-electron chi connectivity index (χ3n) is 3.09. The molecule has 0 aliphatic rings. The minimum atomic E-state index is -3.85. The van der Waals surface area contributed by atoms with Gasteiger partial charge in [0.05, 0.1) is 11.1 Å². The quantitative estimate of drug-likeness (QED) is 0.681. The summed E-state index contributed by atoms with van der Waals surface area (Å²) in [5.41, 5.74) is 0.554. The fourth-order valence-electron chi connectivity index (χ4n) is 1.90. The van der Waals surface area contributed by atoms with Gasteiger partial charge in [0.1, 0.15) is 5.69 Å². The molecule has 2 heterocycles. The summed E-state index contributed by atoms with van der Waals surface area (Å²) in [5.74, 6) is -0.419. The standard InChI is InChI=1S/C15H11ClN6O3S/c16-13-5-6-14(21-20-13)22-26(24,25)11-3-1-10(2-4-11)19-15(23)12-9-17-7-8-18-12/h1-9H,(H,19,23)(H,21,22). The molecule has 0 unspecified atom stereocenters. The highest BCUT2D eigenvalue weighted by Gasteiger charge is 2.15. The number of amides is 1. The van der Waals surface area contributed by atoms with Crippen molar-refractivity contribution in [3.05, 3.63) is 65.8 Å². The predicted molar refractivity (Wildman–Crippen MR) is 94.3 cm³/mol. The second-order valence-electron chi connectivity index (χ2n) is 4.92. The normalized spacial score (nSPS) is 11.0. The number of rotatable bonds is 5. The van der Waals surface area contributed by atoms with E-state index in [2.05, 4.69) is 30.2 Å². The Morgan fingerprint density at radius 3 is 2.38 bits per heavy atom. The van der Waals surface area contributed by atoms with Crippen LogP contribution >= 0.6 is 11.6 Å². The third-order valence-corrected chi connectivity index (χ3v) is 4.66. The maximum atomic E-state index is 12.3. The van der Waals surface area contributed by atoms with Crippen molar-refractivity contribution < 1.29 is 13.2 Å². The molecule has 0 bridgehead atoms. The highest BCUT2D eigenvalue weighted by Crippen LogP contribution is 2.17. The summed E-state index contributed by atoms with van der Waals surface area (Å²) < 4.78 is 26.9. The summed E-state index contributed by atoms with van der Waals surface area (Å²) in [5, 5.41) is 9.95. The van der Waals surface area contributed by atoms with Gasteiger partial charge in [0.25, 0.3) is 15.9 Å². The summed E-state index contributed by atoms with van der Waals surface area (Å²) in [7, 11) is -3.85. The molecule has 0 radical (unpaired) electrons. The number of carbonyl (C=O) groups is 1. The number of anilines is 2. The van der Waals surface area contributed by atoms with E-state index in [-0.39, 0.29) is 21.6 Å². The van der Waals surface area contributed by atoms with Crippen LogP contribution in [-0.2, 0) is 10.0 Å². The minimum Gasteiger partial charge on any atom is -0.321 e. The first-order valence-corrected chi connectivity index (χ1v) is 9.00. The first kappa shape index (κ1) is 17.7. The van der Waals surface area contributed by atoms with Gasteiger partial charge in [0.2, 0.25) is 0 Å². The van der Waals surface area contributed by atoms with Gasteiger partial charge in [0, 0.05) is 18.1 Å². The Morgan fingerprint density at radius 2 is 1.77 bits per heavy atom. The predicted octanol–water partition coefficient (Wildman–Crippen LogP) is 1.97. The largest absolute Gasteiger partial charge is 0.321 e. The average molecular weight is 391 g/mol. The Bertz CT molecular complexity index is 1010. The van der Waals surface area contributed by atoms with E-state index in [9.17, 15) is 13.2 Å². The van der Waals surface area contributed by atoms with Gasteiger partial charge in [-0.2, -0.15) is 0 Å². The van der Waals surface area contributed by atoms with E-state index in [1.54, 1.807) is 0 Å². The van der Waals surface area contributed by atoms with Crippen molar-refractivity contribution in [3.8, 4) is 0 Å². The molecule has 0 atom stereocenters. The number of hydrogen-bond acceptors (Lipinski definition) is 7. The first-order valence-electron chi connectivity index (χ1n) is 7.13. The Labute approximate surface area is 153 Å². The number of nitrogens with one attached hydrogen (secondary N) is 2. The molecular formula is C15H11ClN6O3S. The zero-order valence-corrected chi connectivity index (χ0v) is 14.6. The molecule has 0 aliphatic carbocycles. The lowest BCUT2D eigenvalue weighted by atomic mass is 10.3. The maximum absolute atomic E-state index is 12.3. The van der Waals surface area contributed by atoms with Crippen LogP contribution < -0.4 is 10.0 Å². The lowest BCUT2D eigenvalue weighted by Gasteiger charge is -2.08. The van der Waals surface area contributed by atoms with Crippen molar-refractivity contribution in [2.45, 2.75) is 4.90 Å². The highest BCUT2D eigenvalue weighted by molar-refractivity contribution is 7.92. The molecule has 11 heteroatoms. The Kier molecular flexibility index (Phi) is 5.05. The van der Waals surface area contributed by atoms with Gasteiger partial charge in [-0.15, -0.1) is 10.2 Å². The summed E-state index contributed by atoms with van der Waals surface area (Å²) in [6.45, 7) is 0. The monoisotopic (exact) mass is 390 g/mol. The van der Waals surface area contributed by atoms with E-state index in [1.165, 1.54) is 55.0 Å². The van der Waals surface area contributed by atoms with Crippen LogP contribution in [0.1, 0.15) is 10.5 Å². The Morgan fingerprint density at radius 1 is 1.00 bits per heavy atom. The van der Waals surface area contributed by atoms with Crippen molar-refractivity contribution in [1.82, 2.24) is 20.2 Å². The lowest BCUT2D eigenvalue weighted by Crippen LogP contribution is -2.15. The molecule has 26 heavy (non-hydrogen) atoms. The van der Waals surface area contributed by atoms with Crippen LogP contribution in [0.3, 0.4) is 0 Å². The zero-order valence-electron chi connectivity index (χ0n) is 13.0. The van der Waals surface area contributed by atoms with Crippen LogP contribution in [-0.4, -0.2) is 34.5 Å². The van der Waals surface area contributed by atoms with E-state index < -0.39 is 15.9 Å². The number of halogens is 1. The van der Waals surface area contributed by atoms with Gasteiger partial charge in [0.15, 0.2) is 11.0 Å². The SMILES string of the molecule is O=C(Nc1ccc(S(=O)(=O)Nc2ccc(Cl)nn2)cc1)c1cnccn1. The van der Waals surface area contributed by atoms with Crippen molar-refractivity contribution in [3.63, 3.8) is 0 Å². The molecule has 132 valence electrons. The molecule has 3 aromatic rings. The average Bonchev–Trinajstić information content (AvgIpc) is 2.64. The van der Waals surface area contributed by atoms with Crippen LogP contribution in [0, 0.1) is 0 Å². The molecule has 0 fully saturated rings. The van der Waals surface area contributed by atoms with Crippen LogP contribution in [0.15, 0.2) is 59.9 Å². The number of hydrogen-bond donors (Lipinski definition) is 2. The molecule has 0 saturated heterocycles. The third kappa shape index (κ3) is 4.29. The van der Waals surface area contributed by atoms with Gasteiger partial charge in [-0.25, -0.2) is 13.4 Å². The molecule has 2 aromatic heterocycles. The fraction of sp³-hybridized carbons (Fsp3) is 0. The first-order chi connectivity index (χ1) is 12.4. The van der Waals surface area contributed by atoms with Crippen molar-refractivity contribution >= 4 is 39.0 Å². The van der Waals surface area contributed by atoms with E-state index in [4.69, 9.17) is 11.6 Å². The Balaban J connectivity index is 1.72. The number of sulfonamides is 1. The molecule has 9 nitrogen and oxygen atoms in total. The van der Waals surface area contributed by atoms with Crippen LogP contribution in [0.2, 0.25) is 5.15 Å². The Hall–Kier alpha value is -3.11. The van der Waals surface area contributed by atoms with E-state index in [0.29, 0.717) is 5.69 Å². The number of benzene rings is 1. The molecule has 0 saturated carbocycles. The molecule has 2 N–H and O–H groups in total. The molecule has 0 spiro atoms. The lowest BCUT2D eigenvalue weighted by molar-refractivity contribution is 0.102. The summed E-state index contributed by atoms with van der Waals surface area (Å²) in [6.07, 6.45) is 4.18. The minimum absolute atomic E-state index is 0.00764. The number of aromatic nitrogens is 4. The van der Waals surface area contributed by atoms with E-state index in [1.807, 2.05) is 0 Å². The van der Waals surface area contributed by atoms with Gasteiger partial charge in [-0.1, -0.05) is 11.6 Å². The van der Waals surface area contributed by atoms with Gasteiger partial charge < -0.3 is 5.32 Å². The number of nitrogens with zero attached hydrogens (tertiary/aromatic N) is 4. The van der Waals surface area contributed by atoms with Gasteiger partial charge in [-0.3, -0.25) is 14.5 Å². The number of carbonyl (C=O) groups excluding carboxylic acids is 1. The topological polar surface area (TPSA) is 127 Å². The van der Waals surface area contributed by atoms with Crippen LogP contribution in [0.25, 0.3) is 0 Å². The van der Waals surface area contributed by atoms with Crippen molar-refractivity contribution in [2.24, 2.45) is 0 Å². The van der Waals surface area contributed by atoms with Crippen molar-refractivity contribution in [2.75, 3.05) is 10.0 Å². The van der Waals surface area contributed by atoms with E-state index in [0.717, 1.165) is 0 Å². The summed E-state index contributed by atoms with van der Waals surface area (Å²) >= 11 is 5.61. The molecule has 0 aliphatic heterocycles.